The van der Waals surface area contributed by atoms with Gasteiger partial charge >= 0.3 is 5.97 Å². The van der Waals surface area contributed by atoms with Gasteiger partial charge in [-0.15, -0.1) is 0 Å². The highest BCUT2D eigenvalue weighted by Crippen LogP contribution is 2.77. The summed E-state index contributed by atoms with van der Waals surface area (Å²) in [6, 6.07) is 0. The molecule has 5 saturated carbocycles. The number of ketones is 1. The van der Waals surface area contributed by atoms with Gasteiger partial charge < -0.3 is 9.47 Å². The van der Waals surface area contributed by atoms with Gasteiger partial charge in [0.15, 0.2) is 0 Å². The maximum atomic E-state index is 13.2. The normalized spacial score (nSPS) is 56.9. The molecular weight excluding hydrogens is 388 g/mol. The minimum absolute atomic E-state index is 0.0244. The van der Waals surface area contributed by atoms with Crippen molar-refractivity contribution in [2.75, 3.05) is 0 Å². The minimum atomic E-state index is -0.160. The summed E-state index contributed by atoms with van der Waals surface area (Å²) in [6.07, 6.45) is 13.1. The number of ether oxygens (including phenoxy) is 2. The Hall–Kier alpha value is -0.900. The van der Waals surface area contributed by atoms with E-state index >= 15 is 0 Å². The lowest BCUT2D eigenvalue weighted by atomic mass is 9.42. The zero-order valence-electron chi connectivity index (χ0n) is 19.9. The largest absolute Gasteiger partial charge is 0.462 e. The highest BCUT2D eigenvalue weighted by atomic mass is 16.6. The smallest absolute Gasteiger partial charge is 0.302 e. The number of fused-ring (bicyclic) bond motifs is 6. The number of epoxide rings is 1. The van der Waals surface area contributed by atoms with E-state index in [4.69, 9.17) is 9.47 Å². The zero-order chi connectivity index (χ0) is 21.8. The molecule has 1 spiro atoms. The molecule has 0 bridgehead atoms. The molecule has 6 aliphatic rings. The number of rotatable bonds is 2. The van der Waals surface area contributed by atoms with Gasteiger partial charge in [0.05, 0.1) is 6.10 Å². The van der Waals surface area contributed by atoms with E-state index in [1.807, 2.05) is 6.92 Å². The molecule has 10 atom stereocenters. The summed E-state index contributed by atoms with van der Waals surface area (Å²) in [4.78, 5) is 24.8. The number of carbonyl (C=O) groups excluding carboxylic acids is 2. The van der Waals surface area contributed by atoms with Gasteiger partial charge in [0, 0.05) is 24.2 Å². The molecule has 0 radical (unpaired) electrons. The molecule has 4 nitrogen and oxygen atoms in total. The second-order valence-corrected chi connectivity index (χ2v) is 12.7. The fraction of sp³-hybridized carbons (Fsp3) is 0.926. The van der Waals surface area contributed by atoms with Crippen molar-refractivity contribution in [3.05, 3.63) is 0 Å². The van der Waals surface area contributed by atoms with Gasteiger partial charge in [-0.25, -0.2) is 0 Å². The average molecular weight is 429 g/mol. The third-order valence-corrected chi connectivity index (χ3v) is 12.0. The molecule has 0 aromatic carbocycles. The first kappa shape index (κ1) is 20.7. The summed E-state index contributed by atoms with van der Waals surface area (Å²) in [5.74, 6) is 2.98. The molecule has 1 aliphatic heterocycles. The van der Waals surface area contributed by atoms with E-state index in [2.05, 4.69) is 13.8 Å². The molecular formula is C27H40O4. The number of hydrogen-bond donors (Lipinski definition) is 0. The van der Waals surface area contributed by atoms with Crippen molar-refractivity contribution >= 4 is 11.8 Å². The standard InChI is InChI=1S/C27H40O4/c1-16(28)26-10-6-5-7-18(26)13-22-20-14-23-27(31-23)15-19(30-17(2)29)8-11-25(27,4)21(20)9-12-24(22,26)3/h18-23H,5-15H2,1-4H3/t18-,19-,20+,21+,22-,23-,24-,25+,26-,27-/m0/s1. The Balaban J connectivity index is 1.33. The van der Waals surface area contributed by atoms with Gasteiger partial charge in [-0.2, -0.15) is 0 Å². The molecule has 172 valence electrons. The Morgan fingerprint density at radius 1 is 0.903 bits per heavy atom. The van der Waals surface area contributed by atoms with Crippen LogP contribution >= 0.6 is 0 Å². The summed E-state index contributed by atoms with van der Waals surface area (Å²) in [7, 11) is 0. The summed E-state index contributed by atoms with van der Waals surface area (Å²) < 4.78 is 12.2. The molecule has 1 saturated heterocycles. The molecule has 6 rings (SSSR count). The summed E-state index contributed by atoms with van der Waals surface area (Å²) in [5.41, 5.74) is 0.235. The molecule has 6 fully saturated rings. The molecule has 4 heteroatoms. The summed E-state index contributed by atoms with van der Waals surface area (Å²) in [5, 5.41) is 0. The highest BCUT2D eigenvalue weighted by molar-refractivity contribution is 5.84. The Bertz CT molecular complexity index is 822. The maximum absolute atomic E-state index is 13.2. The van der Waals surface area contributed by atoms with Crippen LogP contribution in [0.25, 0.3) is 0 Å². The molecule has 0 aromatic heterocycles. The van der Waals surface area contributed by atoms with Gasteiger partial charge in [0.2, 0.25) is 0 Å². The van der Waals surface area contributed by atoms with E-state index in [9.17, 15) is 9.59 Å². The van der Waals surface area contributed by atoms with Crippen molar-refractivity contribution in [1.29, 1.82) is 0 Å². The van der Waals surface area contributed by atoms with Crippen molar-refractivity contribution in [3.8, 4) is 0 Å². The predicted molar refractivity (Wildman–Crippen MR) is 117 cm³/mol. The van der Waals surface area contributed by atoms with E-state index in [0.29, 0.717) is 35.6 Å². The lowest BCUT2D eigenvalue weighted by Gasteiger charge is -2.61. The first-order chi connectivity index (χ1) is 14.7. The molecule has 31 heavy (non-hydrogen) atoms. The fourth-order valence-electron chi connectivity index (χ4n) is 10.8. The number of hydrogen-bond acceptors (Lipinski definition) is 4. The summed E-state index contributed by atoms with van der Waals surface area (Å²) in [6.45, 7) is 8.45. The zero-order valence-corrected chi connectivity index (χ0v) is 19.9. The topological polar surface area (TPSA) is 55.9 Å². The second kappa shape index (κ2) is 6.36. The molecule has 0 unspecified atom stereocenters. The minimum Gasteiger partial charge on any atom is -0.462 e. The third-order valence-electron chi connectivity index (χ3n) is 12.0. The van der Waals surface area contributed by atoms with E-state index in [1.165, 1.54) is 45.4 Å². The van der Waals surface area contributed by atoms with E-state index in [0.717, 1.165) is 32.1 Å². The lowest BCUT2D eigenvalue weighted by Crippen LogP contribution is -2.60. The molecule has 0 aromatic rings. The number of carbonyl (C=O) groups is 2. The van der Waals surface area contributed by atoms with Crippen molar-refractivity contribution in [1.82, 2.24) is 0 Å². The molecule has 1 heterocycles. The van der Waals surface area contributed by atoms with Gasteiger partial charge in [-0.3, -0.25) is 9.59 Å². The molecule has 5 aliphatic carbocycles. The quantitative estimate of drug-likeness (QED) is 0.432. The van der Waals surface area contributed by atoms with Crippen molar-refractivity contribution in [3.63, 3.8) is 0 Å². The van der Waals surface area contributed by atoms with Crippen LogP contribution in [0.1, 0.15) is 98.3 Å². The maximum Gasteiger partial charge on any atom is 0.302 e. The Kier molecular flexibility index (Phi) is 4.25. The van der Waals surface area contributed by atoms with Crippen LogP contribution in [0.4, 0.5) is 0 Å². The Morgan fingerprint density at radius 3 is 2.42 bits per heavy atom. The van der Waals surface area contributed by atoms with Gasteiger partial charge in [0.25, 0.3) is 0 Å². The van der Waals surface area contributed by atoms with Crippen LogP contribution in [0.5, 0.6) is 0 Å². The van der Waals surface area contributed by atoms with Crippen molar-refractivity contribution in [2.24, 2.45) is 39.9 Å². The second-order valence-electron chi connectivity index (χ2n) is 12.7. The average Bonchev–Trinajstić information content (AvgIpc) is 3.33. The molecule has 0 N–H and O–H groups in total. The third kappa shape index (κ3) is 2.36. The fourth-order valence-corrected chi connectivity index (χ4v) is 10.8. The SMILES string of the molecule is CC(=O)O[C@H]1CC[C@]2(C)[C@@H]3CC[C@@]4(C)[C@@H](C[C@@H]5CCCC[C@]54C(C)=O)[C@@H]3C[C@@H]3O[C@@]32C1. The van der Waals surface area contributed by atoms with E-state index < -0.39 is 0 Å². The first-order valence-electron chi connectivity index (χ1n) is 13.0. The van der Waals surface area contributed by atoms with Crippen LogP contribution in [-0.4, -0.2) is 29.6 Å². The van der Waals surface area contributed by atoms with Crippen LogP contribution in [0.2, 0.25) is 0 Å². The number of Topliss-reactive ketones (excluding diaryl/α,β-unsaturated/α-hetero) is 1. The van der Waals surface area contributed by atoms with Crippen LogP contribution in [0.15, 0.2) is 0 Å². The Labute approximate surface area is 187 Å². The van der Waals surface area contributed by atoms with Crippen molar-refractivity contribution in [2.45, 2.75) is 116 Å². The van der Waals surface area contributed by atoms with Crippen LogP contribution in [0.3, 0.4) is 0 Å². The van der Waals surface area contributed by atoms with Gasteiger partial charge in [0.1, 0.15) is 17.5 Å². The monoisotopic (exact) mass is 428 g/mol. The summed E-state index contributed by atoms with van der Waals surface area (Å²) >= 11 is 0. The van der Waals surface area contributed by atoms with Crippen molar-refractivity contribution < 1.29 is 19.1 Å². The van der Waals surface area contributed by atoms with Gasteiger partial charge in [-0.05, 0) is 87.4 Å². The first-order valence-corrected chi connectivity index (χ1v) is 13.0. The van der Waals surface area contributed by atoms with E-state index in [1.54, 1.807) is 0 Å². The Morgan fingerprint density at radius 2 is 1.68 bits per heavy atom. The number of esters is 1. The van der Waals surface area contributed by atoms with E-state index in [-0.39, 0.29) is 33.9 Å². The van der Waals surface area contributed by atoms with Crippen LogP contribution < -0.4 is 0 Å². The molecule has 0 amide bonds. The van der Waals surface area contributed by atoms with Crippen LogP contribution in [-0.2, 0) is 19.1 Å². The lowest BCUT2D eigenvalue weighted by molar-refractivity contribution is -0.163. The van der Waals surface area contributed by atoms with Crippen LogP contribution in [0, 0.1) is 39.9 Å². The van der Waals surface area contributed by atoms with Gasteiger partial charge in [-0.1, -0.05) is 26.7 Å². The predicted octanol–water partition coefficient (Wildman–Crippen LogP) is 5.47. The highest BCUT2D eigenvalue weighted by Gasteiger charge is 2.78.